The Balaban J connectivity index is 1.98. The van der Waals surface area contributed by atoms with E-state index in [1.807, 2.05) is 36.4 Å². The third kappa shape index (κ3) is 2.57. The Bertz CT molecular complexity index is 725. The second kappa shape index (κ2) is 5.63. The molecule has 0 saturated heterocycles. The van der Waals surface area contributed by atoms with Crippen LogP contribution in [0.1, 0.15) is 9.80 Å². The molecule has 0 aliphatic carbocycles. The summed E-state index contributed by atoms with van der Waals surface area (Å²) in [5, 5.41) is 3.82. The SMILES string of the molecule is O=Cc1ncc(-c2cnccc2Nc2ccccc2)s1. The van der Waals surface area contributed by atoms with E-state index in [0.717, 1.165) is 28.1 Å². The highest BCUT2D eigenvalue weighted by Gasteiger charge is 2.09. The van der Waals surface area contributed by atoms with Gasteiger partial charge in [-0.3, -0.25) is 9.78 Å². The van der Waals surface area contributed by atoms with Crippen molar-refractivity contribution in [2.75, 3.05) is 5.32 Å². The fourth-order valence-electron chi connectivity index (χ4n) is 1.84. The molecule has 3 rings (SSSR count). The number of carbonyl (C=O) groups excluding carboxylic acids is 1. The van der Waals surface area contributed by atoms with Crippen LogP contribution < -0.4 is 5.32 Å². The summed E-state index contributed by atoms with van der Waals surface area (Å²) in [7, 11) is 0. The summed E-state index contributed by atoms with van der Waals surface area (Å²) >= 11 is 1.35. The maximum absolute atomic E-state index is 10.7. The van der Waals surface area contributed by atoms with Gasteiger partial charge < -0.3 is 5.32 Å². The van der Waals surface area contributed by atoms with E-state index in [0.29, 0.717) is 5.01 Å². The van der Waals surface area contributed by atoms with Gasteiger partial charge in [-0.15, -0.1) is 11.3 Å². The number of pyridine rings is 1. The highest BCUT2D eigenvalue weighted by Crippen LogP contribution is 2.32. The maximum atomic E-state index is 10.7. The van der Waals surface area contributed by atoms with Crippen molar-refractivity contribution in [1.29, 1.82) is 0 Å². The van der Waals surface area contributed by atoms with E-state index in [-0.39, 0.29) is 0 Å². The van der Waals surface area contributed by atoms with Crippen molar-refractivity contribution in [3.63, 3.8) is 0 Å². The van der Waals surface area contributed by atoms with Crippen molar-refractivity contribution in [3.8, 4) is 10.4 Å². The number of para-hydroxylation sites is 1. The first-order chi connectivity index (χ1) is 9.86. The highest BCUT2D eigenvalue weighted by molar-refractivity contribution is 7.16. The molecule has 2 heterocycles. The van der Waals surface area contributed by atoms with Gasteiger partial charge in [0, 0.05) is 29.8 Å². The first kappa shape index (κ1) is 12.5. The number of benzene rings is 1. The number of nitrogens with one attached hydrogen (secondary N) is 1. The molecule has 98 valence electrons. The van der Waals surface area contributed by atoms with Crippen LogP contribution in [0.15, 0.2) is 55.0 Å². The average Bonchev–Trinajstić information content (AvgIpc) is 2.98. The van der Waals surface area contributed by atoms with Crippen molar-refractivity contribution in [3.05, 3.63) is 60.0 Å². The fourth-order valence-corrected chi connectivity index (χ4v) is 2.60. The lowest BCUT2D eigenvalue weighted by Crippen LogP contribution is -1.92. The predicted molar refractivity (Wildman–Crippen MR) is 80.5 cm³/mol. The lowest BCUT2D eigenvalue weighted by Gasteiger charge is -2.09. The van der Waals surface area contributed by atoms with Crippen LogP contribution in [0.25, 0.3) is 10.4 Å². The fraction of sp³-hybridized carbons (Fsp3) is 0. The molecule has 0 aliphatic heterocycles. The Morgan fingerprint density at radius 3 is 2.70 bits per heavy atom. The topological polar surface area (TPSA) is 54.9 Å². The minimum Gasteiger partial charge on any atom is -0.355 e. The first-order valence-corrected chi connectivity index (χ1v) is 6.86. The molecule has 1 N–H and O–H groups in total. The van der Waals surface area contributed by atoms with Crippen LogP contribution in [0.3, 0.4) is 0 Å². The van der Waals surface area contributed by atoms with E-state index < -0.39 is 0 Å². The number of aldehydes is 1. The summed E-state index contributed by atoms with van der Waals surface area (Å²) in [6.45, 7) is 0. The predicted octanol–water partition coefficient (Wildman–Crippen LogP) is 3.76. The van der Waals surface area contributed by atoms with Gasteiger partial charge in [-0.1, -0.05) is 18.2 Å². The minimum atomic E-state index is 0.467. The monoisotopic (exact) mass is 281 g/mol. The van der Waals surface area contributed by atoms with Gasteiger partial charge in [0.25, 0.3) is 0 Å². The molecule has 0 fully saturated rings. The molecule has 0 atom stereocenters. The molecule has 20 heavy (non-hydrogen) atoms. The van der Waals surface area contributed by atoms with E-state index in [9.17, 15) is 4.79 Å². The van der Waals surface area contributed by atoms with Gasteiger partial charge >= 0.3 is 0 Å². The van der Waals surface area contributed by atoms with Crippen molar-refractivity contribution in [1.82, 2.24) is 9.97 Å². The summed E-state index contributed by atoms with van der Waals surface area (Å²) < 4.78 is 0. The third-order valence-electron chi connectivity index (χ3n) is 2.76. The number of aromatic nitrogens is 2. The first-order valence-electron chi connectivity index (χ1n) is 6.04. The molecule has 3 aromatic rings. The van der Waals surface area contributed by atoms with Crippen LogP contribution in [0.4, 0.5) is 11.4 Å². The molecular formula is C15H11N3OS. The van der Waals surface area contributed by atoms with Crippen LogP contribution in [-0.4, -0.2) is 16.3 Å². The van der Waals surface area contributed by atoms with Crippen molar-refractivity contribution in [2.24, 2.45) is 0 Å². The Labute approximate surface area is 120 Å². The Morgan fingerprint density at radius 2 is 1.95 bits per heavy atom. The van der Waals surface area contributed by atoms with Gasteiger partial charge in [-0.2, -0.15) is 0 Å². The molecule has 5 heteroatoms. The van der Waals surface area contributed by atoms with Crippen LogP contribution in [0.2, 0.25) is 0 Å². The lowest BCUT2D eigenvalue weighted by atomic mass is 10.2. The van der Waals surface area contributed by atoms with E-state index in [1.165, 1.54) is 11.3 Å². The van der Waals surface area contributed by atoms with E-state index in [4.69, 9.17) is 0 Å². The van der Waals surface area contributed by atoms with Gasteiger partial charge in [0.15, 0.2) is 11.3 Å². The van der Waals surface area contributed by atoms with Gasteiger partial charge in [-0.25, -0.2) is 4.98 Å². The van der Waals surface area contributed by atoms with Gasteiger partial charge in [0.2, 0.25) is 0 Å². The number of hydrogen-bond acceptors (Lipinski definition) is 5. The molecule has 2 aromatic heterocycles. The zero-order valence-electron chi connectivity index (χ0n) is 10.5. The largest absolute Gasteiger partial charge is 0.355 e. The number of hydrogen-bond donors (Lipinski definition) is 1. The Kier molecular flexibility index (Phi) is 3.52. The summed E-state index contributed by atoms with van der Waals surface area (Å²) in [4.78, 5) is 19.9. The van der Waals surface area contributed by atoms with E-state index >= 15 is 0 Å². The summed E-state index contributed by atoms with van der Waals surface area (Å²) in [5.74, 6) is 0. The molecule has 0 unspecified atom stereocenters. The van der Waals surface area contributed by atoms with Crippen LogP contribution in [0.5, 0.6) is 0 Å². The van der Waals surface area contributed by atoms with Gasteiger partial charge in [0.05, 0.1) is 10.6 Å². The number of thiazole rings is 1. The Hall–Kier alpha value is -2.53. The Morgan fingerprint density at radius 1 is 1.10 bits per heavy atom. The molecule has 4 nitrogen and oxygen atoms in total. The molecule has 0 aliphatic rings. The molecule has 0 saturated carbocycles. The number of carbonyl (C=O) groups is 1. The lowest BCUT2D eigenvalue weighted by molar-refractivity contribution is 0.112. The van der Waals surface area contributed by atoms with E-state index in [1.54, 1.807) is 18.6 Å². The van der Waals surface area contributed by atoms with Gasteiger partial charge in [-0.05, 0) is 18.2 Å². The highest BCUT2D eigenvalue weighted by atomic mass is 32.1. The van der Waals surface area contributed by atoms with Crippen molar-refractivity contribution >= 4 is 29.0 Å². The van der Waals surface area contributed by atoms with Crippen molar-refractivity contribution in [2.45, 2.75) is 0 Å². The molecule has 0 spiro atoms. The molecule has 0 bridgehead atoms. The number of anilines is 2. The zero-order chi connectivity index (χ0) is 13.8. The van der Waals surface area contributed by atoms with Crippen LogP contribution in [0, 0.1) is 0 Å². The summed E-state index contributed by atoms with van der Waals surface area (Å²) in [6.07, 6.45) is 5.96. The summed E-state index contributed by atoms with van der Waals surface area (Å²) in [6, 6.07) is 11.8. The average molecular weight is 281 g/mol. The minimum absolute atomic E-state index is 0.467. The molecule has 0 amide bonds. The normalized spacial score (nSPS) is 10.2. The number of nitrogens with zero attached hydrogens (tertiary/aromatic N) is 2. The maximum Gasteiger partial charge on any atom is 0.178 e. The third-order valence-corrected chi connectivity index (χ3v) is 3.72. The molecular weight excluding hydrogens is 270 g/mol. The van der Waals surface area contributed by atoms with Gasteiger partial charge in [0.1, 0.15) is 0 Å². The summed E-state index contributed by atoms with van der Waals surface area (Å²) in [5.41, 5.74) is 2.87. The van der Waals surface area contributed by atoms with Crippen molar-refractivity contribution < 1.29 is 4.79 Å². The smallest absolute Gasteiger partial charge is 0.178 e. The second-order valence-corrected chi connectivity index (χ2v) is 5.16. The van der Waals surface area contributed by atoms with Crippen LogP contribution >= 0.6 is 11.3 Å². The second-order valence-electron chi connectivity index (χ2n) is 4.09. The van der Waals surface area contributed by atoms with Crippen LogP contribution in [-0.2, 0) is 0 Å². The standard InChI is InChI=1S/C15H11N3OS/c19-10-15-17-9-14(20-15)12-8-16-7-6-13(12)18-11-4-2-1-3-5-11/h1-10H,(H,16,18). The number of rotatable bonds is 4. The quantitative estimate of drug-likeness (QED) is 0.740. The van der Waals surface area contributed by atoms with E-state index in [2.05, 4.69) is 15.3 Å². The zero-order valence-corrected chi connectivity index (χ0v) is 11.3. The molecule has 0 radical (unpaired) electrons. The molecule has 1 aromatic carbocycles.